The van der Waals surface area contributed by atoms with Crippen LogP contribution in [0, 0.1) is 0 Å². The van der Waals surface area contributed by atoms with Crippen molar-refractivity contribution in [2.45, 2.75) is 38.6 Å². The normalized spacial score (nSPS) is 15.3. The third-order valence-electron chi connectivity index (χ3n) is 4.44. The number of nitrogens with zero attached hydrogens (tertiary/aromatic N) is 5. The molecule has 1 fully saturated rings. The van der Waals surface area contributed by atoms with Crippen molar-refractivity contribution < 1.29 is 4.79 Å². The van der Waals surface area contributed by atoms with Gasteiger partial charge in [0, 0.05) is 31.2 Å². The van der Waals surface area contributed by atoms with Crippen LogP contribution in [0.2, 0.25) is 0 Å². The third kappa shape index (κ3) is 3.76. The second-order valence-corrected chi connectivity index (χ2v) is 5.88. The smallest absolute Gasteiger partial charge is 0.276 e. The van der Waals surface area contributed by atoms with Crippen LogP contribution in [0.15, 0.2) is 12.4 Å². The van der Waals surface area contributed by atoms with Gasteiger partial charge in [0.2, 0.25) is 0 Å². The number of aryl methyl sites for hydroxylation is 1. The van der Waals surface area contributed by atoms with Crippen molar-refractivity contribution in [3.8, 4) is 0 Å². The molecule has 1 aliphatic rings. The second kappa shape index (κ2) is 8.25. The minimum atomic E-state index is -0.0490. The number of nitrogens with two attached hydrogens (primary N) is 1. The molecule has 1 amide bonds. The van der Waals surface area contributed by atoms with Crippen LogP contribution < -0.4 is 5.73 Å². The van der Waals surface area contributed by atoms with E-state index in [0.29, 0.717) is 24.7 Å². The highest BCUT2D eigenvalue weighted by Gasteiger charge is 2.27. The molecule has 132 valence electrons. The van der Waals surface area contributed by atoms with Crippen LogP contribution in [-0.4, -0.2) is 55.6 Å². The van der Waals surface area contributed by atoms with Crippen LogP contribution in [0.1, 0.15) is 47.4 Å². The van der Waals surface area contributed by atoms with Crippen molar-refractivity contribution in [3.05, 3.63) is 29.3 Å². The zero-order valence-corrected chi connectivity index (χ0v) is 14.6. The van der Waals surface area contributed by atoms with Crippen LogP contribution in [0.3, 0.4) is 0 Å². The number of nitrogens with one attached hydrogen (secondary N) is 1. The van der Waals surface area contributed by atoms with Gasteiger partial charge in [-0.15, -0.1) is 17.5 Å². The zero-order chi connectivity index (χ0) is 16.2. The van der Waals surface area contributed by atoms with E-state index in [1.54, 1.807) is 10.9 Å². The Balaban J connectivity index is 0.00000208. The lowest BCUT2D eigenvalue weighted by molar-refractivity contribution is 0.0706. The monoisotopic (exact) mass is 353 g/mol. The summed E-state index contributed by atoms with van der Waals surface area (Å²) < 4.78 is 1.61. The first-order chi connectivity index (χ1) is 11.2. The van der Waals surface area contributed by atoms with E-state index in [1.165, 1.54) is 11.3 Å². The van der Waals surface area contributed by atoms with Gasteiger partial charge in [-0.2, -0.15) is 5.10 Å². The Hall–Kier alpha value is -1.93. The summed E-state index contributed by atoms with van der Waals surface area (Å²) in [5.74, 6) is 0.400. The molecule has 1 saturated heterocycles. The van der Waals surface area contributed by atoms with E-state index < -0.39 is 0 Å². The maximum absolute atomic E-state index is 12.5. The van der Waals surface area contributed by atoms with Crippen molar-refractivity contribution in [2.75, 3.05) is 19.6 Å². The molecule has 0 spiro atoms. The lowest BCUT2D eigenvalue weighted by Gasteiger charge is -2.31. The Morgan fingerprint density at radius 3 is 2.83 bits per heavy atom. The van der Waals surface area contributed by atoms with Gasteiger partial charge in [-0.3, -0.25) is 14.6 Å². The van der Waals surface area contributed by atoms with E-state index in [9.17, 15) is 4.79 Å². The molecule has 8 nitrogen and oxygen atoms in total. The average Bonchev–Trinajstić information content (AvgIpc) is 3.23. The van der Waals surface area contributed by atoms with E-state index in [1.807, 2.05) is 11.1 Å². The summed E-state index contributed by atoms with van der Waals surface area (Å²) in [5, 5.41) is 15.2. The number of aromatic nitrogens is 5. The van der Waals surface area contributed by atoms with Gasteiger partial charge in [0.25, 0.3) is 5.91 Å². The highest BCUT2D eigenvalue weighted by atomic mass is 35.5. The maximum Gasteiger partial charge on any atom is 0.276 e. The first-order valence-electron chi connectivity index (χ1n) is 8.14. The number of likely N-dealkylation sites (tertiary alicyclic amines) is 1. The number of carbonyl (C=O) groups excluding carboxylic acids is 1. The number of amides is 1. The number of H-pyrrole nitrogens is 1. The zero-order valence-electron chi connectivity index (χ0n) is 13.8. The van der Waals surface area contributed by atoms with Gasteiger partial charge in [-0.1, -0.05) is 12.1 Å². The highest BCUT2D eigenvalue weighted by molar-refractivity contribution is 5.92. The van der Waals surface area contributed by atoms with Crippen LogP contribution in [0.4, 0.5) is 0 Å². The number of hydrogen-bond acceptors (Lipinski definition) is 5. The number of piperidine rings is 1. The molecule has 2 aromatic rings. The molecule has 2 aromatic heterocycles. The summed E-state index contributed by atoms with van der Waals surface area (Å²) in [5.41, 5.74) is 8.39. The average molecular weight is 354 g/mol. The summed E-state index contributed by atoms with van der Waals surface area (Å²) >= 11 is 0. The predicted molar refractivity (Wildman–Crippen MR) is 92.2 cm³/mol. The highest BCUT2D eigenvalue weighted by Crippen LogP contribution is 2.29. The molecule has 3 rings (SSSR count). The minimum Gasteiger partial charge on any atom is -0.337 e. The summed E-state index contributed by atoms with van der Waals surface area (Å²) in [7, 11) is 0. The first kappa shape index (κ1) is 18.4. The molecule has 0 unspecified atom stereocenters. The number of hydrogen-bond donors (Lipinski definition) is 2. The van der Waals surface area contributed by atoms with Crippen LogP contribution in [0.5, 0.6) is 0 Å². The molecule has 3 N–H and O–H groups in total. The Kier molecular flexibility index (Phi) is 6.33. The van der Waals surface area contributed by atoms with E-state index >= 15 is 0 Å². The Bertz CT molecular complexity index is 660. The molecular weight excluding hydrogens is 330 g/mol. The first-order valence-corrected chi connectivity index (χ1v) is 8.14. The number of halogens is 1. The van der Waals surface area contributed by atoms with Gasteiger partial charge in [0.05, 0.1) is 18.9 Å². The molecule has 9 heteroatoms. The fraction of sp³-hybridized carbons (Fsp3) is 0.600. The van der Waals surface area contributed by atoms with Crippen LogP contribution >= 0.6 is 12.4 Å². The van der Waals surface area contributed by atoms with Gasteiger partial charge in [-0.05, 0) is 24.8 Å². The fourth-order valence-electron chi connectivity index (χ4n) is 3.13. The third-order valence-corrected chi connectivity index (χ3v) is 4.44. The molecule has 1 aliphatic heterocycles. The Labute approximate surface area is 147 Å². The molecule has 0 aromatic carbocycles. The molecular formula is C15H24ClN7O. The van der Waals surface area contributed by atoms with Crippen LogP contribution in [-0.2, 0) is 13.0 Å². The van der Waals surface area contributed by atoms with Crippen molar-refractivity contribution in [1.29, 1.82) is 0 Å². The number of carbonyl (C=O) groups is 1. The SMILES string of the molecule is CCc1cn[nH]c1C1CCN(C(=O)c2cn(CCN)nn2)CC1.Cl. The van der Waals surface area contributed by atoms with Gasteiger partial charge < -0.3 is 10.6 Å². The van der Waals surface area contributed by atoms with Gasteiger partial charge in [0.1, 0.15) is 0 Å². The number of rotatable bonds is 5. The van der Waals surface area contributed by atoms with Crippen molar-refractivity contribution in [1.82, 2.24) is 30.1 Å². The molecule has 0 saturated carbocycles. The van der Waals surface area contributed by atoms with Crippen molar-refractivity contribution in [2.24, 2.45) is 5.73 Å². The van der Waals surface area contributed by atoms with E-state index in [-0.39, 0.29) is 18.3 Å². The molecule has 0 aliphatic carbocycles. The van der Waals surface area contributed by atoms with Crippen molar-refractivity contribution >= 4 is 18.3 Å². The maximum atomic E-state index is 12.5. The molecule has 0 radical (unpaired) electrons. The predicted octanol–water partition coefficient (Wildman–Crippen LogP) is 0.964. The van der Waals surface area contributed by atoms with Gasteiger partial charge in [0.15, 0.2) is 5.69 Å². The summed E-state index contributed by atoms with van der Waals surface area (Å²) in [6, 6.07) is 0. The second-order valence-electron chi connectivity index (χ2n) is 5.88. The topological polar surface area (TPSA) is 106 Å². The standard InChI is InChI=1S/C15H23N7O.ClH/c1-2-11-9-17-19-14(11)12-3-6-21(7-4-12)15(23)13-10-22(8-5-16)20-18-13;/h9-10,12H,2-8,16H2,1H3,(H,17,19);1H. The lowest BCUT2D eigenvalue weighted by atomic mass is 9.91. The van der Waals surface area contributed by atoms with E-state index in [4.69, 9.17) is 5.73 Å². The van der Waals surface area contributed by atoms with Gasteiger partial charge >= 0.3 is 0 Å². The molecule has 3 heterocycles. The van der Waals surface area contributed by atoms with E-state index in [2.05, 4.69) is 27.4 Å². The largest absolute Gasteiger partial charge is 0.337 e. The van der Waals surface area contributed by atoms with Crippen molar-refractivity contribution in [3.63, 3.8) is 0 Å². The number of aromatic amines is 1. The lowest BCUT2D eigenvalue weighted by Crippen LogP contribution is -2.38. The molecule has 24 heavy (non-hydrogen) atoms. The molecule has 0 bridgehead atoms. The Morgan fingerprint density at radius 2 is 2.17 bits per heavy atom. The summed E-state index contributed by atoms with van der Waals surface area (Å²) in [4.78, 5) is 14.3. The van der Waals surface area contributed by atoms with E-state index in [0.717, 1.165) is 32.4 Å². The quantitative estimate of drug-likeness (QED) is 0.832. The fourth-order valence-corrected chi connectivity index (χ4v) is 3.13. The minimum absolute atomic E-state index is 0. The van der Waals surface area contributed by atoms with Gasteiger partial charge in [-0.25, -0.2) is 0 Å². The summed E-state index contributed by atoms with van der Waals surface area (Å²) in [6.07, 6.45) is 6.44. The Morgan fingerprint density at radius 1 is 1.42 bits per heavy atom. The molecule has 0 atom stereocenters. The van der Waals surface area contributed by atoms with Crippen LogP contribution in [0.25, 0.3) is 0 Å². The summed E-state index contributed by atoms with van der Waals surface area (Å²) in [6.45, 7) is 4.65.